The molecule has 1 fully saturated rings. The Balaban J connectivity index is 1.46. The second kappa shape index (κ2) is 9.02. The smallest absolute Gasteiger partial charge is 0.293 e. The molecule has 8 nitrogen and oxygen atoms in total. The number of hydrogen-bond acceptors (Lipinski definition) is 5. The summed E-state index contributed by atoms with van der Waals surface area (Å²) in [6, 6.07) is 17.8. The summed E-state index contributed by atoms with van der Waals surface area (Å²) >= 11 is 0. The van der Waals surface area contributed by atoms with E-state index in [9.17, 15) is 19.7 Å². The van der Waals surface area contributed by atoms with Crippen LogP contribution in [0.3, 0.4) is 0 Å². The van der Waals surface area contributed by atoms with Crippen LogP contribution < -0.4 is 15.4 Å². The number of carbonyl (C=O) groups excluding carboxylic acids is 1. The van der Waals surface area contributed by atoms with Gasteiger partial charge in [-0.15, -0.1) is 0 Å². The molecule has 1 aromatic heterocycles. The molecule has 3 aromatic rings. The van der Waals surface area contributed by atoms with Gasteiger partial charge in [-0.3, -0.25) is 19.7 Å². The molecule has 0 aliphatic carbocycles. The predicted molar refractivity (Wildman–Crippen MR) is 135 cm³/mol. The molecule has 0 unspecified atom stereocenters. The van der Waals surface area contributed by atoms with E-state index in [0.717, 1.165) is 23.4 Å². The fraction of sp³-hybridized carbons (Fsp3) is 0.333. The average Bonchev–Trinajstić information content (AvgIpc) is 2.84. The predicted octanol–water partition coefficient (Wildman–Crippen LogP) is 4.36. The van der Waals surface area contributed by atoms with Gasteiger partial charge in [-0.05, 0) is 62.1 Å². The van der Waals surface area contributed by atoms with Gasteiger partial charge in [-0.25, -0.2) is 0 Å². The van der Waals surface area contributed by atoms with E-state index in [4.69, 9.17) is 0 Å². The largest absolute Gasteiger partial charge is 0.365 e. The summed E-state index contributed by atoms with van der Waals surface area (Å²) < 4.78 is 1.84. The Morgan fingerprint density at radius 3 is 2.63 bits per heavy atom. The SMILES string of the molecule is CCN(C(=O)c1ccc(N2C[C@H]3C[C@@H](C2)c2cccc(=O)n2C3)c([N+](=O)[O-])c1)c1cccc(C)c1. The highest BCUT2D eigenvalue weighted by Gasteiger charge is 2.36. The first-order chi connectivity index (χ1) is 16.9. The van der Waals surface area contributed by atoms with Gasteiger partial charge in [0.2, 0.25) is 0 Å². The zero-order valence-corrected chi connectivity index (χ0v) is 19.9. The van der Waals surface area contributed by atoms with E-state index in [1.165, 1.54) is 6.07 Å². The fourth-order valence-electron chi connectivity index (χ4n) is 5.56. The van der Waals surface area contributed by atoms with Gasteiger partial charge >= 0.3 is 0 Å². The molecule has 2 aromatic carbocycles. The molecule has 0 saturated carbocycles. The fourth-order valence-corrected chi connectivity index (χ4v) is 5.56. The molecule has 1 amide bonds. The highest BCUT2D eigenvalue weighted by Crippen LogP contribution is 2.40. The lowest BCUT2D eigenvalue weighted by Crippen LogP contribution is -2.47. The van der Waals surface area contributed by atoms with E-state index >= 15 is 0 Å². The van der Waals surface area contributed by atoms with Gasteiger partial charge in [0.1, 0.15) is 5.69 Å². The molecule has 180 valence electrons. The van der Waals surface area contributed by atoms with Gasteiger partial charge in [-0.1, -0.05) is 18.2 Å². The number of benzene rings is 2. The molecule has 8 heteroatoms. The van der Waals surface area contributed by atoms with E-state index in [2.05, 4.69) is 0 Å². The van der Waals surface area contributed by atoms with Crippen LogP contribution in [0.2, 0.25) is 0 Å². The zero-order valence-electron chi connectivity index (χ0n) is 19.9. The lowest BCUT2D eigenvalue weighted by Gasteiger charge is -2.43. The summed E-state index contributed by atoms with van der Waals surface area (Å²) in [4.78, 5) is 41.0. The van der Waals surface area contributed by atoms with Crippen molar-refractivity contribution in [3.8, 4) is 0 Å². The third-order valence-corrected chi connectivity index (χ3v) is 7.11. The van der Waals surface area contributed by atoms with Crippen molar-refractivity contribution in [2.75, 3.05) is 29.4 Å². The lowest BCUT2D eigenvalue weighted by atomic mass is 9.83. The standard InChI is InChI=1S/C27H28N4O4/c1-3-29(22-7-4-6-18(2)12-22)27(33)20-10-11-24(25(14-20)31(34)35)28-15-19-13-21(17-28)23-8-5-9-26(32)30(23)16-19/h4-12,14,19,21H,3,13,15-17H2,1-2H3/t19-,21+/m1/s1. The topological polar surface area (TPSA) is 88.7 Å². The molecule has 2 bridgehead atoms. The monoisotopic (exact) mass is 472 g/mol. The zero-order chi connectivity index (χ0) is 24.7. The van der Waals surface area contributed by atoms with Crippen molar-refractivity contribution in [2.45, 2.75) is 32.7 Å². The molecule has 0 spiro atoms. The second-order valence-electron chi connectivity index (χ2n) is 9.45. The van der Waals surface area contributed by atoms with Crippen LogP contribution in [0.15, 0.2) is 65.5 Å². The van der Waals surface area contributed by atoms with Gasteiger partial charge in [-0.2, -0.15) is 0 Å². The van der Waals surface area contributed by atoms with Crippen molar-refractivity contribution in [1.29, 1.82) is 0 Å². The third kappa shape index (κ3) is 4.20. The molecular formula is C27H28N4O4. The number of nitrogens with zero attached hydrogens (tertiary/aromatic N) is 4. The van der Waals surface area contributed by atoms with Gasteiger partial charge in [0.25, 0.3) is 17.2 Å². The van der Waals surface area contributed by atoms with E-state index in [1.807, 2.05) is 53.6 Å². The highest BCUT2D eigenvalue weighted by molar-refractivity contribution is 6.06. The number of nitro groups is 1. The number of anilines is 2. The van der Waals surface area contributed by atoms with E-state index < -0.39 is 4.92 Å². The lowest BCUT2D eigenvalue weighted by molar-refractivity contribution is -0.384. The number of piperidine rings is 1. The maximum Gasteiger partial charge on any atom is 0.293 e. The summed E-state index contributed by atoms with van der Waals surface area (Å²) in [5.41, 5.74) is 3.54. The van der Waals surface area contributed by atoms with Crippen molar-refractivity contribution >= 4 is 23.0 Å². The quantitative estimate of drug-likeness (QED) is 0.407. The van der Waals surface area contributed by atoms with Crippen LogP contribution in [0.25, 0.3) is 0 Å². The van der Waals surface area contributed by atoms with Crippen LogP contribution in [0.4, 0.5) is 17.1 Å². The summed E-state index contributed by atoms with van der Waals surface area (Å²) in [5, 5.41) is 12.1. The maximum atomic E-state index is 13.3. The first kappa shape index (κ1) is 22.8. The summed E-state index contributed by atoms with van der Waals surface area (Å²) in [7, 11) is 0. The minimum atomic E-state index is -0.405. The Bertz CT molecular complexity index is 1370. The molecular weight excluding hydrogens is 444 g/mol. The van der Waals surface area contributed by atoms with Gasteiger partial charge in [0.15, 0.2) is 0 Å². The summed E-state index contributed by atoms with van der Waals surface area (Å²) in [6.07, 6.45) is 0.965. The molecule has 2 atom stereocenters. The normalized spacial score (nSPS) is 18.6. The number of hydrogen-bond donors (Lipinski definition) is 0. The van der Waals surface area contributed by atoms with E-state index in [0.29, 0.717) is 31.9 Å². The van der Waals surface area contributed by atoms with E-state index in [-0.39, 0.29) is 34.6 Å². The van der Waals surface area contributed by atoms with Crippen LogP contribution in [-0.4, -0.2) is 35.0 Å². The van der Waals surface area contributed by atoms with Crippen LogP contribution >= 0.6 is 0 Å². The molecule has 0 N–H and O–H groups in total. The van der Waals surface area contributed by atoms with Gasteiger partial charge in [0, 0.05) is 61.2 Å². The number of rotatable bonds is 5. The van der Waals surface area contributed by atoms with Crippen molar-refractivity contribution in [3.05, 3.63) is 98.0 Å². The number of carbonyl (C=O) groups is 1. The van der Waals surface area contributed by atoms with Crippen LogP contribution in [0, 0.1) is 23.0 Å². The van der Waals surface area contributed by atoms with E-state index in [1.54, 1.807) is 29.2 Å². The number of aromatic nitrogens is 1. The Labute approximate surface area is 203 Å². The summed E-state index contributed by atoms with van der Waals surface area (Å²) in [5.74, 6) is 0.102. The van der Waals surface area contributed by atoms with Crippen molar-refractivity contribution in [2.24, 2.45) is 5.92 Å². The first-order valence-corrected chi connectivity index (χ1v) is 12.0. The average molecular weight is 473 g/mol. The van der Waals surface area contributed by atoms with Crippen LogP contribution in [0.1, 0.15) is 40.9 Å². The van der Waals surface area contributed by atoms with Crippen molar-refractivity contribution < 1.29 is 9.72 Å². The highest BCUT2D eigenvalue weighted by atomic mass is 16.6. The Morgan fingerprint density at radius 1 is 1.09 bits per heavy atom. The molecule has 2 aliphatic rings. The minimum absolute atomic E-state index is 0.00795. The second-order valence-corrected chi connectivity index (χ2v) is 9.45. The third-order valence-electron chi connectivity index (χ3n) is 7.11. The number of pyridine rings is 1. The molecule has 3 heterocycles. The number of amides is 1. The van der Waals surface area contributed by atoms with Crippen molar-refractivity contribution in [1.82, 2.24) is 4.57 Å². The Hall–Kier alpha value is -3.94. The molecule has 1 saturated heterocycles. The first-order valence-electron chi connectivity index (χ1n) is 12.0. The number of aryl methyl sites for hydroxylation is 1. The van der Waals surface area contributed by atoms with Crippen LogP contribution in [-0.2, 0) is 6.54 Å². The number of fused-ring (bicyclic) bond motifs is 4. The van der Waals surface area contributed by atoms with Gasteiger partial charge in [0.05, 0.1) is 4.92 Å². The minimum Gasteiger partial charge on any atom is -0.365 e. The molecule has 2 aliphatic heterocycles. The molecule has 35 heavy (non-hydrogen) atoms. The summed E-state index contributed by atoms with van der Waals surface area (Å²) in [6.45, 7) is 6.15. The molecule has 5 rings (SSSR count). The molecule has 0 radical (unpaired) electrons. The number of nitro benzene ring substituents is 1. The Kier molecular flexibility index (Phi) is 5.88. The van der Waals surface area contributed by atoms with Crippen molar-refractivity contribution in [3.63, 3.8) is 0 Å². The Morgan fingerprint density at radius 2 is 1.89 bits per heavy atom. The van der Waals surface area contributed by atoms with Gasteiger partial charge < -0.3 is 14.4 Å². The van der Waals surface area contributed by atoms with Crippen LogP contribution in [0.5, 0.6) is 0 Å². The maximum absolute atomic E-state index is 13.3.